The van der Waals surface area contributed by atoms with E-state index in [0.717, 1.165) is 0 Å². The maximum Gasteiger partial charge on any atom is 0.276 e. The van der Waals surface area contributed by atoms with E-state index in [1.807, 2.05) is 0 Å². The zero-order valence-electron chi connectivity index (χ0n) is 10.7. The minimum absolute atomic E-state index is 0.0665. The highest BCUT2D eigenvalue weighted by molar-refractivity contribution is 6.32. The maximum atomic E-state index is 11.8. The smallest absolute Gasteiger partial charge is 0.276 e. The second kappa shape index (κ2) is 5.20. The Morgan fingerprint density at radius 1 is 1.19 bits per heavy atom. The van der Waals surface area contributed by atoms with Gasteiger partial charge < -0.3 is 15.5 Å². The van der Waals surface area contributed by atoms with Crippen molar-refractivity contribution in [3.8, 4) is 5.75 Å². The molecular formula is C15H11ClN2O3. The Labute approximate surface area is 125 Å². The number of aliphatic imine (C=N–C) groups is 1. The number of hydrogen-bond acceptors (Lipinski definition) is 4. The summed E-state index contributed by atoms with van der Waals surface area (Å²) in [6.07, 6.45) is -1.52. The molecule has 1 aliphatic rings. The number of rotatable bonds is 1. The number of aliphatic hydroxyl groups is 1. The molecule has 0 bridgehead atoms. The Hall–Kier alpha value is -2.37. The average Bonchev–Trinajstić information content (AvgIpc) is 2.57. The number of amides is 1. The van der Waals surface area contributed by atoms with Gasteiger partial charge in [0.05, 0.1) is 11.4 Å². The van der Waals surface area contributed by atoms with E-state index < -0.39 is 12.1 Å². The molecule has 1 heterocycles. The molecular weight excluding hydrogens is 292 g/mol. The summed E-state index contributed by atoms with van der Waals surface area (Å²) in [5.74, 6) is -0.550. The molecule has 5 nitrogen and oxygen atoms in total. The van der Waals surface area contributed by atoms with Crippen molar-refractivity contribution in [2.45, 2.75) is 6.23 Å². The van der Waals surface area contributed by atoms with E-state index in [9.17, 15) is 15.0 Å². The Morgan fingerprint density at radius 3 is 2.76 bits per heavy atom. The SMILES string of the molecule is O=C1Nc2ccc(Cl)cc2C(c2cccc(O)c2)=N[C@@H]1O. The molecule has 1 amide bonds. The number of nitrogens with one attached hydrogen (secondary N) is 1. The predicted molar refractivity (Wildman–Crippen MR) is 79.8 cm³/mol. The third kappa shape index (κ3) is 2.61. The molecule has 0 aromatic heterocycles. The van der Waals surface area contributed by atoms with Crippen LogP contribution in [0.3, 0.4) is 0 Å². The van der Waals surface area contributed by atoms with E-state index in [1.54, 1.807) is 30.3 Å². The summed E-state index contributed by atoms with van der Waals surface area (Å²) >= 11 is 6.01. The lowest BCUT2D eigenvalue weighted by Crippen LogP contribution is -2.24. The molecule has 2 aromatic rings. The van der Waals surface area contributed by atoms with E-state index in [1.165, 1.54) is 12.1 Å². The van der Waals surface area contributed by atoms with Crippen LogP contribution in [0.4, 0.5) is 5.69 Å². The van der Waals surface area contributed by atoms with Gasteiger partial charge in [-0.3, -0.25) is 4.79 Å². The summed E-state index contributed by atoms with van der Waals surface area (Å²) in [6.45, 7) is 0. The number of anilines is 1. The molecule has 2 aromatic carbocycles. The highest BCUT2D eigenvalue weighted by atomic mass is 35.5. The van der Waals surface area contributed by atoms with Crippen molar-refractivity contribution in [1.29, 1.82) is 0 Å². The number of carbonyl (C=O) groups is 1. The van der Waals surface area contributed by atoms with Gasteiger partial charge in [0, 0.05) is 16.1 Å². The number of aromatic hydroxyl groups is 1. The minimum atomic E-state index is -1.52. The van der Waals surface area contributed by atoms with Crippen LogP contribution in [-0.4, -0.2) is 28.1 Å². The fraction of sp³-hybridized carbons (Fsp3) is 0.0667. The molecule has 6 heteroatoms. The fourth-order valence-corrected chi connectivity index (χ4v) is 2.32. The van der Waals surface area contributed by atoms with Crippen molar-refractivity contribution in [3.05, 3.63) is 58.6 Å². The predicted octanol–water partition coefficient (Wildman–Crippen LogP) is 2.15. The monoisotopic (exact) mass is 302 g/mol. The molecule has 1 atom stereocenters. The molecule has 0 fully saturated rings. The highest BCUT2D eigenvalue weighted by Crippen LogP contribution is 2.27. The van der Waals surface area contributed by atoms with Crippen LogP contribution in [0, 0.1) is 0 Å². The number of phenolic OH excluding ortho intramolecular Hbond substituents is 1. The number of phenols is 1. The topological polar surface area (TPSA) is 81.9 Å². The lowest BCUT2D eigenvalue weighted by molar-refractivity contribution is -0.123. The van der Waals surface area contributed by atoms with Crippen molar-refractivity contribution in [3.63, 3.8) is 0 Å². The minimum Gasteiger partial charge on any atom is -0.508 e. The number of fused-ring (bicyclic) bond motifs is 1. The van der Waals surface area contributed by atoms with Crippen LogP contribution in [0.1, 0.15) is 11.1 Å². The molecule has 0 spiro atoms. The normalized spacial score (nSPS) is 17.5. The van der Waals surface area contributed by atoms with Gasteiger partial charge in [0.1, 0.15) is 5.75 Å². The number of carbonyl (C=O) groups excluding carboxylic acids is 1. The fourth-order valence-electron chi connectivity index (χ4n) is 2.15. The van der Waals surface area contributed by atoms with Crippen LogP contribution >= 0.6 is 11.6 Å². The van der Waals surface area contributed by atoms with Gasteiger partial charge in [-0.25, -0.2) is 4.99 Å². The zero-order valence-corrected chi connectivity index (χ0v) is 11.5. The Morgan fingerprint density at radius 2 is 2.00 bits per heavy atom. The molecule has 0 saturated carbocycles. The first-order valence-electron chi connectivity index (χ1n) is 6.20. The second-order valence-electron chi connectivity index (χ2n) is 4.58. The van der Waals surface area contributed by atoms with Crippen molar-refractivity contribution >= 4 is 28.9 Å². The zero-order chi connectivity index (χ0) is 15.0. The Bertz CT molecular complexity index is 758. The summed E-state index contributed by atoms with van der Waals surface area (Å²) in [7, 11) is 0. The van der Waals surface area contributed by atoms with Gasteiger partial charge in [-0.05, 0) is 30.3 Å². The van der Waals surface area contributed by atoms with Gasteiger partial charge in [-0.15, -0.1) is 0 Å². The molecule has 21 heavy (non-hydrogen) atoms. The largest absolute Gasteiger partial charge is 0.508 e. The number of nitrogens with zero attached hydrogens (tertiary/aromatic N) is 1. The summed E-state index contributed by atoms with van der Waals surface area (Å²) in [5, 5.41) is 22.5. The molecule has 1 aliphatic heterocycles. The molecule has 0 aliphatic carbocycles. The first kappa shape index (κ1) is 13.6. The van der Waals surface area contributed by atoms with Gasteiger partial charge in [-0.2, -0.15) is 0 Å². The van der Waals surface area contributed by atoms with Crippen molar-refractivity contribution in [2.75, 3.05) is 5.32 Å². The first-order chi connectivity index (χ1) is 10.0. The third-order valence-corrected chi connectivity index (χ3v) is 3.34. The molecule has 106 valence electrons. The van der Waals surface area contributed by atoms with E-state index in [4.69, 9.17) is 11.6 Å². The Kier molecular flexibility index (Phi) is 3.37. The first-order valence-corrected chi connectivity index (χ1v) is 6.58. The van der Waals surface area contributed by atoms with E-state index in [0.29, 0.717) is 27.5 Å². The lowest BCUT2D eigenvalue weighted by Gasteiger charge is -2.10. The molecule has 3 N–H and O–H groups in total. The summed E-state index contributed by atoms with van der Waals surface area (Å²) in [6, 6.07) is 11.4. The van der Waals surface area contributed by atoms with Gasteiger partial charge in [0.25, 0.3) is 5.91 Å². The molecule has 0 radical (unpaired) electrons. The van der Waals surface area contributed by atoms with Crippen LogP contribution in [-0.2, 0) is 4.79 Å². The molecule has 0 saturated heterocycles. The molecule has 3 rings (SSSR count). The molecule has 0 unspecified atom stereocenters. The van der Waals surface area contributed by atoms with Crippen LogP contribution in [0.15, 0.2) is 47.5 Å². The summed E-state index contributed by atoms with van der Waals surface area (Å²) in [5.41, 5.74) is 2.05. The van der Waals surface area contributed by atoms with Gasteiger partial charge in [0.2, 0.25) is 6.23 Å². The van der Waals surface area contributed by atoms with Crippen LogP contribution in [0.5, 0.6) is 5.75 Å². The Balaban J connectivity index is 2.24. The number of halogens is 1. The number of hydrogen-bond donors (Lipinski definition) is 3. The maximum absolute atomic E-state index is 11.8. The average molecular weight is 303 g/mol. The van der Waals surface area contributed by atoms with Crippen LogP contribution in [0.2, 0.25) is 5.02 Å². The second-order valence-corrected chi connectivity index (χ2v) is 5.02. The standard InChI is InChI=1S/C15H11ClN2O3/c16-9-4-5-12-11(7-9)13(18-15(21)14(20)17-12)8-2-1-3-10(19)6-8/h1-7,15,19,21H,(H,17,20)/t15-/m1/s1. The lowest BCUT2D eigenvalue weighted by atomic mass is 10.0. The quantitative estimate of drug-likeness (QED) is 0.755. The van der Waals surface area contributed by atoms with Crippen LogP contribution in [0.25, 0.3) is 0 Å². The van der Waals surface area contributed by atoms with E-state index in [2.05, 4.69) is 10.3 Å². The van der Waals surface area contributed by atoms with E-state index >= 15 is 0 Å². The van der Waals surface area contributed by atoms with Crippen molar-refractivity contribution in [1.82, 2.24) is 0 Å². The summed E-state index contributed by atoms with van der Waals surface area (Å²) < 4.78 is 0. The van der Waals surface area contributed by atoms with Crippen LogP contribution < -0.4 is 5.32 Å². The number of aliphatic hydroxyl groups excluding tert-OH is 1. The van der Waals surface area contributed by atoms with Gasteiger partial charge >= 0.3 is 0 Å². The third-order valence-electron chi connectivity index (χ3n) is 3.10. The number of benzodiazepines with no additional fused rings is 1. The van der Waals surface area contributed by atoms with Crippen molar-refractivity contribution < 1.29 is 15.0 Å². The highest BCUT2D eigenvalue weighted by Gasteiger charge is 2.24. The van der Waals surface area contributed by atoms with Crippen molar-refractivity contribution in [2.24, 2.45) is 4.99 Å². The van der Waals surface area contributed by atoms with E-state index in [-0.39, 0.29) is 5.75 Å². The van der Waals surface area contributed by atoms with Gasteiger partial charge in [0.15, 0.2) is 0 Å². The van der Waals surface area contributed by atoms with Gasteiger partial charge in [-0.1, -0.05) is 23.7 Å². The number of benzene rings is 2. The summed E-state index contributed by atoms with van der Waals surface area (Å²) in [4.78, 5) is 15.8.